The van der Waals surface area contributed by atoms with Gasteiger partial charge in [0.25, 0.3) is 0 Å². The minimum absolute atomic E-state index is 0.0941. The molecule has 1 fully saturated rings. The third kappa shape index (κ3) is 2.86. The number of anilines is 1. The second-order valence-corrected chi connectivity index (χ2v) is 5.25. The van der Waals surface area contributed by atoms with Gasteiger partial charge in [-0.2, -0.15) is 5.10 Å². The van der Waals surface area contributed by atoms with E-state index >= 15 is 0 Å². The first-order valence-electron chi connectivity index (χ1n) is 6.71. The number of hydrogen-bond donors (Lipinski definition) is 2. The predicted octanol–water partition coefficient (Wildman–Crippen LogP) is 1.84. The van der Waals surface area contributed by atoms with Gasteiger partial charge in [-0.25, -0.2) is 4.68 Å². The van der Waals surface area contributed by atoms with Crippen LogP contribution < -0.4 is 10.6 Å². The summed E-state index contributed by atoms with van der Waals surface area (Å²) in [6.45, 7) is 7.53. The van der Waals surface area contributed by atoms with Gasteiger partial charge < -0.3 is 10.6 Å². The molecule has 0 unspecified atom stereocenters. The zero-order valence-electron chi connectivity index (χ0n) is 11.6. The van der Waals surface area contributed by atoms with Crippen LogP contribution in [0.25, 0.3) is 0 Å². The fourth-order valence-electron chi connectivity index (χ4n) is 2.43. The number of hydrogen-bond acceptors (Lipinski definition) is 5. The van der Waals surface area contributed by atoms with Crippen LogP contribution in [-0.4, -0.2) is 33.8 Å². The Kier molecular flexibility index (Phi) is 4.04. The van der Waals surface area contributed by atoms with Crippen LogP contribution in [0, 0.1) is 17.0 Å². The Bertz CT molecular complexity index is 463. The van der Waals surface area contributed by atoms with E-state index in [9.17, 15) is 10.1 Å². The summed E-state index contributed by atoms with van der Waals surface area (Å²) in [5, 5.41) is 22.1. The van der Waals surface area contributed by atoms with Crippen LogP contribution in [0.1, 0.15) is 38.4 Å². The van der Waals surface area contributed by atoms with Gasteiger partial charge in [-0.1, -0.05) is 0 Å². The number of nitro groups is 1. The number of aryl methyl sites for hydroxylation is 1. The Morgan fingerprint density at radius 1 is 1.47 bits per heavy atom. The highest BCUT2D eigenvalue weighted by Crippen LogP contribution is 2.31. The van der Waals surface area contributed by atoms with Gasteiger partial charge in [0.1, 0.15) is 5.69 Å². The Morgan fingerprint density at radius 3 is 2.63 bits per heavy atom. The maximum atomic E-state index is 11.2. The number of nitrogens with one attached hydrogen (secondary N) is 2. The molecule has 19 heavy (non-hydrogen) atoms. The first-order chi connectivity index (χ1) is 9.00. The number of rotatable bonds is 4. The maximum Gasteiger partial charge on any atom is 0.333 e. The molecule has 7 heteroatoms. The van der Waals surface area contributed by atoms with Crippen LogP contribution in [-0.2, 0) is 0 Å². The summed E-state index contributed by atoms with van der Waals surface area (Å²) >= 11 is 0. The standard InChI is InChI=1S/C12H21N5O2/c1-8(2)16-12(11(17(18)19)9(3)15-16)14-10-4-6-13-7-5-10/h8,10,13-14H,4-7H2,1-3H3. The summed E-state index contributed by atoms with van der Waals surface area (Å²) < 4.78 is 1.72. The van der Waals surface area contributed by atoms with Gasteiger partial charge in [0.15, 0.2) is 0 Å². The summed E-state index contributed by atoms with van der Waals surface area (Å²) in [7, 11) is 0. The highest BCUT2D eigenvalue weighted by molar-refractivity contribution is 5.60. The average Bonchev–Trinajstić information content (AvgIpc) is 2.67. The highest BCUT2D eigenvalue weighted by Gasteiger charge is 2.28. The summed E-state index contributed by atoms with van der Waals surface area (Å²) in [5.41, 5.74) is 0.572. The predicted molar refractivity (Wildman–Crippen MR) is 73.5 cm³/mol. The van der Waals surface area contributed by atoms with E-state index in [0.717, 1.165) is 25.9 Å². The van der Waals surface area contributed by atoms with Gasteiger partial charge in [0, 0.05) is 12.1 Å². The lowest BCUT2D eigenvalue weighted by Crippen LogP contribution is -2.36. The minimum Gasteiger partial charge on any atom is -0.362 e. The van der Waals surface area contributed by atoms with Gasteiger partial charge in [-0.05, 0) is 46.7 Å². The molecule has 0 bridgehead atoms. The quantitative estimate of drug-likeness (QED) is 0.642. The molecule has 2 rings (SSSR count). The Morgan fingerprint density at radius 2 is 2.11 bits per heavy atom. The molecule has 2 N–H and O–H groups in total. The van der Waals surface area contributed by atoms with E-state index in [-0.39, 0.29) is 22.7 Å². The van der Waals surface area contributed by atoms with Crippen LogP contribution >= 0.6 is 0 Å². The summed E-state index contributed by atoms with van der Waals surface area (Å²) in [6.07, 6.45) is 1.94. The smallest absolute Gasteiger partial charge is 0.333 e. The molecule has 1 aromatic heterocycles. The molecule has 0 aromatic carbocycles. The van der Waals surface area contributed by atoms with E-state index in [2.05, 4.69) is 15.7 Å². The van der Waals surface area contributed by atoms with Crippen molar-refractivity contribution in [2.24, 2.45) is 0 Å². The van der Waals surface area contributed by atoms with E-state index in [0.29, 0.717) is 11.5 Å². The van der Waals surface area contributed by atoms with Crippen molar-refractivity contribution in [3.05, 3.63) is 15.8 Å². The number of aromatic nitrogens is 2. The lowest BCUT2D eigenvalue weighted by molar-refractivity contribution is -0.384. The molecule has 0 amide bonds. The molecule has 0 spiro atoms. The Labute approximate surface area is 112 Å². The molecule has 0 radical (unpaired) electrons. The van der Waals surface area contributed by atoms with Crippen molar-refractivity contribution in [3.63, 3.8) is 0 Å². The second-order valence-electron chi connectivity index (χ2n) is 5.25. The van der Waals surface area contributed by atoms with Gasteiger partial charge in [-0.15, -0.1) is 0 Å². The largest absolute Gasteiger partial charge is 0.362 e. The molecule has 0 atom stereocenters. The van der Waals surface area contributed by atoms with Crippen molar-refractivity contribution >= 4 is 11.5 Å². The Balaban J connectivity index is 2.32. The number of piperidine rings is 1. The summed E-state index contributed by atoms with van der Waals surface area (Å²) in [5.74, 6) is 0.546. The fraction of sp³-hybridized carbons (Fsp3) is 0.750. The lowest BCUT2D eigenvalue weighted by atomic mass is 10.1. The van der Waals surface area contributed by atoms with Crippen LogP contribution in [0.5, 0.6) is 0 Å². The van der Waals surface area contributed by atoms with Crippen molar-refractivity contribution in [3.8, 4) is 0 Å². The number of nitrogens with zero attached hydrogens (tertiary/aromatic N) is 3. The monoisotopic (exact) mass is 267 g/mol. The first kappa shape index (κ1) is 13.8. The highest BCUT2D eigenvalue weighted by atomic mass is 16.6. The van der Waals surface area contributed by atoms with Crippen molar-refractivity contribution in [2.75, 3.05) is 18.4 Å². The molecule has 106 valence electrons. The maximum absolute atomic E-state index is 11.2. The zero-order valence-corrected chi connectivity index (χ0v) is 11.6. The lowest BCUT2D eigenvalue weighted by Gasteiger charge is -2.25. The molecular weight excluding hydrogens is 246 g/mol. The first-order valence-corrected chi connectivity index (χ1v) is 6.71. The van der Waals surface area contributed by atoms with E-state index in [1.165, 1.54) is 0 Å². The third-order valence-electron chi connectivity index (χ3n) is 3.41. The van der Waals surface area contributed by atoms with Gasteiger partial charge >= 0.3 is 5.69 Å². The third-order valence-corrected chi connectivity index (χ3v) is 3.41. The normalized spacial score (nSPS) is 16.8. The van der Waals surface area contributed by atoms with E-state index in [1.54, 1.807) is 11.6 Å². The molecule has 1 aromatic rings. The molecule has 0 aliphatic carbocycles. The van der Waals surface area contributed by atoms with Crippen LogP contribution in [0.3, 0.4) is 0 Å². The van der Waals surface area contributed by atoms with Crippen LogP contribution in [0.2, 0.25) is 0 Å². The average molecular weight is 267 g/mol. The van der Waals surface area contributed by atoms with E-state index in [4.69, 9.17) is 0 Å². The Hall–Kier alpha value is -1.63. The fourth-order valence-corrected chi connectivity index (χ4v) is 2.43. The van der Waals surface area contributed by atoms with Gasteiger partial charge in [-0.3, -0.25) is 10.1 Å². The molecular formula is C12H21N5O2. The van der Waals surface area contributed by atoms with E-state index in [1.807, 2.05) is 13.8 Å². The molecule has 1 aliphatic rings. The molecule has 1 aliphatic heterocycles. The topological polar surface area (TPSA) is 85.0 Å². The molecule has 7 nitrogen and oxygen atoms in total. The van der Waals surface area contributed by atoms with Crippen molar-refractivity contribution in [2.45, 2.75) is 45.7 Å². The van der Waals surface area contributed by atoms with E-state index < -0.39 is 0 Å². The SMILES string of the molecule is Cc1nn(C(C)C)c(NC2CCNCC2)c1[N+](=O)[O-]. The second kappa shape index (κ2) is 5.56. The van der Waals surface area contributed by atoms with Crippen molar-refractivity contribution in [1.29, 1.82) is 0 Å². The molecule has 0 saturated carbocycles. The van der Waals surface area contributed by atoms with Gasteiger partial charge in [0.05, 0.1) is 4.92 Å². The van der Waals surface area contributed by atoms with Gasteiger partial charge in [0.2, 0.25) is 5.82 Å². The summed E-state index contributed by atoms with van der Waals surface area (Å²) in [6, 6.07) is 0.366. The molecule has 1 saturated heterocycles. The van der Waals surface area contributed by atoms with Crippen LogP contribution in [0.4, 0.5) is 11.5 Å². The zero-order chi connectivity index (χ0) is 14.0. The molecule has 2 heterocycles. The van der Waals surface area contributed by atoms with Crippen molar-refractivity contribution < 1.29 is 4.92 Å². The minimum atomic E-state index is -0.343. The van der Waals surface area contributed by atoms with Crippen molar-refractivity contribution in [1.82, 2.24) is 15.1 Å². The van der Waals surface area contributed by atoms with Crippen LogP contribution in [0.15, 0.2) is 0 Å². The summed E-state index contributed by atoms with van der Waals surface area (Å²) in [4.78, 5) is 10.9.